The summed E-state index contributed by atoms with van der Waals surface area (Å²) in [5.74, 6) is 2.89. The molecule has 0 aliphatic rings. The third-order valence-electron chi connectivity index (χ3n) is 3.93. The normalized spacial score (nSPS) is 11.3. The summed E-state index contributed by atoms with van der Waals surface area (Å²) in [4.78, 5) is 14.9. The van der Waals surface area contributed by atoms with Gasteiger partial charge in [-0.25, -0.2) is 0 Å². The number of fused-ring (bicyclic) bond motifs is 1. The number of methoxy groups -OCH3 is 1. The Morgan fingerprint density at radius 2 is 1.92 bits per heavy atom. The molecule has 3 aromatic rings. The number of ether oxygens (including phenoxy) is 2. The number of hydrogen-bond acceptors (Lipinski definition) is 4. The van der Waals surface area contributed by atoms with E-state index in [9.17, 15) is 4.79 Å². The zero-order valence-corrected chi connectivity index (χ0v) is 16.5. The minimum atomic E-state index is -0.510. The molecule has 6 heteroatoms. The third kappa shape index (κ3) is 4.07. The zero-order valence-electron chi connectivity index (χ0n) is 15.7. The predicted octanol–water partition coefficient (Wildman–Crippen LogP) is 5.29. The Balaban J connectivity index is 1.82. The van der Waals surface area contributed by atoms with Gasteiger partial charge >= 0.3 is 158 Å². The van der Waals surface area contributed by atoms with E-state index in [4.69, 9.17) is 9.47 Å². The Bertz CT molecular complexity index is 928. The van der Waals surface area contributed by atoms with Crippen LogP contribution < -0.4 is 9.64 Å². The van der Waals surface area contributed by atoms with Gasteiger partial charge in [-0.15, -0.1) is 0 Å². The van der Waals surface area contributed by atoms with Gasteiger partial charge in [0, 0.05) is 0 Å². The monoisotopic (exact) mass is 367 g/mol. The molecule has 0 aliphatic heterocycles. The van der Waals surface area contributed by atoms with Crippen LogP contribution in [0.25, 0.3) is 20.5 Å². The first-order valence-electron chi connectivity index (χ1n) is 8.41. The van der Waals surface area contributed by atoms with Gasteiger partial charge in [-0.05, 0) is 0 Å². The summed E-state index contributed by atoms with van der Waals surface area (Å²) in [5, 5.41) is 1.20. The third-order valence-corrected chi connectivity index (χ3v) is 5.08. The van der Waals surface area contributed by atoms with Crippen LogP contribution in [0.15, 0.2) is 42.4 Å². The Morgan fingerprint density at radius 3 is 2.54 bits per heavy atom. The van der Waals surface area contributed by atoms with E-state index >= 15 is 0 Å². The molecule has 3 rings (SSSR count). The van der Waals surface area contributed by atoms with Crippen LogP contribution in [0.5, 0.6) is 5.75 Å². The summed E-state index contributed by atoms with van der Waals surface area (Å²) in [6.07, 6.45) is -0.362. The molecular formula is C20H22BNO3S. The summed E-state index contributed by atoms with van der Waals surface area (Å²) < 4.78 is 11.9. The molecule has 0 radical (unpaired) electrons. The number of amides is 1. The second-order valence-electron chi connectivity index (χ2n) is 7.10. The molecule has 0 N–H and O–H groups in total. The Kier molecular flexibility index (Phi) is 5.05. The van der Waals surface area contributed by atoms with Gasteiger partial charge in [-0.2, -0.15) is 0 Å². The fraction of sp³-hybridized carbons (Fsp3) is 0.300. The van der Waals surface area contributed by atoms with Crippen LogP contribution >= 0.6 is 11.3 Å². The molecule has 0 saturated heterocycles. The van der Waals surface area contributed by atoms with Crippen molar-refractivity contribution in [1.29, 1.82) is 0 Å². The summed E-state index contributed by atoms with van der Waals surface area (Å²) in [6, 6.07) is 12.2. The average molecular weight is 367 g/mol. The van der Waals surface area contributed by atoms with Crippen molar-refractivity contribution >= 4 is 40.0 Å². The first-order valence-corrected chi connectivity index (χ1v) is 9.23. The second kappa shape index (κ2) is 7.12. The standard InChI is InChI=1S/C20H22BNO3S/c1-20(2,3)25-19(23)22(4)18-9-7-14(12-21-18)16-10-13-6-8-15(24-5)11-17(13)26-16/h6-12H,1-5H3. The van der Waals surface area contributed by atoms with Gasteiger partial charge in [-0.1, -0.05) is 0 Å². The molecule has 2 aromatic heterocycles. The Morgan fingerprint density at radius 1 is 1.15 bits per heavy atom. The van der Waals surface area contributed by atoms with Crippen molar-refractivity contribution in [2.24, 2.45) is 0 Å². The average Bonchev–Trinajstić information content (AvgIpc) is 3.02. The fourth-order valence-electron chi connectivity index (χ4n) is 2.57. The number of thiophene rings is 1. The summed E-state index contributed by atoms with van der Waals surface area (Å²) in [5.41, 5.74) is 1.40. The molecule has 0 fully saturated rings. The molecule has 26 heavy (non-hydrogen) atoms. The quantitative estimate of drug-likeness (QED) is 0.632. The minimum absolute atomic E-state index is 0.362. The van der Waals surface area contributed by atoms with Crippen LogP contribution in [0.3, 0.4) is 0 Å². The molecule has 0 aliphatic carbocycles. The van der Waals surface area contributed by atoms with Gasteiger partial charge in [-0.3, -0.25) is 0 Å². The van der Waals surface area contributed by atoms with Gasteiger partial charge in [0.25, 0.3) is 0 Å². The van der Waals surface area contributed by atoms with Crippen LogP contribution in [0.1, 0.15) is 20.8 Å². The van der Waals surface area contributed by atoms with E-state index in [-0.39, 0.29) is 6.09 Å². The molecule has 0 spiro atoms. The second-order valence-corrected chi connectivity index (χ2v) is 8.18. The van der Waals surface area contributed by atoms with Gasteiger partial charge in [0.1, 0.15) is 0 Å². The fourth-order valence-corrected chi connectivity index (χ4v) is 3.66. The summed E-state index contributed by atoms with van der Waals surface area (Å²) in [6.45, 7) is 7.51. The number of carbonyl (C=O) groups is 1. The molecule has 1 amide bonds. The molecule has 134 valence electrons. The zero-order chi connectivity index (χ0) is 18.9. The number of hydrogen-bond donors (Lipinski definition) is 0. The predicted molar refractivity (Wildman–Crippen MR) is 110 cm³/mol. The van der Waals surface area contributed by atoms with Crippen molar-refractivity contribution in [1.82, 2.24) is 0 Å². The van der Waals surface area contributed by atoms with Crippen molar-refractivity contribution in [3.8, 4) is 16.2 Å². The number of carbonyl (C=O) groups excluding carboxylic acids is 1. The molecule has 0 atom stereocenters. The van der Waals surface area contributed by atoms with E-state index in [0.717, 1.165) is 16.9 Å². The maximum atomic E-state index is 12.2. The molecule has 0 unspecified atom stereocenters. The van der Waals surface area contributed by atoms with Gasteiger partial charge in [0.2, 0.25) is 0 Å². The van der Waals surface area contributed by atoms with Crippen molar-refractivity contribution < 1.29 is 14.3 Å². The SMILES string of the molecule is COc1ccc2cc(-c3cbc(N(C)C(=O)OC(C)(C)C)cc3)sc2c1. The van der Waals surface area contributed by atoms with Crippen LogP contribution in [-0.2, 0) is 4.74 Å². The van der Waals surface area contributed by atoms with Gasteiger partial charge in [0.15, 0.2) is 0 Å². The van der Waals surface area contributed by atoms with Crippen molar-refractivity contribution in [2.75, 3.05) is 19.1 Å². The summed E-state index contributed by atoms with van der Waals surface area (Å²) >= 11 is 1.72. The molecule has 1 aromatic carbocycles. The first-order chi connectivity index (χ1) is 12.3. The number of rotatable bonds is 3. The van der Waals surface area contributed by atoms with Crippen LogP contribution in [0, 0.1) is 0 Å². The maximum absolute atomic E-state index is 12.2. The number of nitrogens with zero attached hydrogens (tertiary/aromatic N) is 1. The Hall–Kier alpha value is -2.34. The molecule has 4 nitrogen and oxygen atoms in total. The van der Waals surface area contributed by atoms with E-state index in [2.05, 4.69) is 12.1 Å². The molecule has 0 bridgehead atoms. The van der Waals surface area contributed by atoms with Crippen LogP contribution in [-0.4, -0.2) is 32.8 Å². The van der Waals surface area contributed by atoms with E-state index < -0.39 is 5.60 Å². The number of anilines is 1. The summed E-state index contributed by atoms with van der Waals surface area (Å²) in [7, 11) is 3.39. The van der Waals surface area contributed by atoms with Gasteiger partial charge in [0.05, 0.1) is 0 Å². The molecular weight excluding hydrogens is 345 g/mol. The van der Waals surface area contributed by atoms with E-state index in [1.807, 2.05) is 57.9 Å². The van der Waals surface area contributed by atoms with Crippen LogP contribution in [0.4, 0.5) is 10.4 Å². The van der Waals surface area contributed by atoms with Crippen molar-refractivity contribution in [3.63, 3.8) is 0 Å². The van der Waals surface area contributed by atoms with Gasteiger partial charge < -0.3 is 0 Å². The van der Waals surface area contributed by atoms with E-state index in [0.29, 0.717) is 0 Å². The van der Waals surface area contributed by atoms with Crippen LogP contribution in [0.2, 0.25) is 0 Å². The van der Waals surface area contributed by atoms with E-state index in [1.165, 1.54) is 19.9 Å². The van der Waals surface area contributed by atoms with Crippen molar-refractivity contribution in [3.05, 3.63) is 42.4 Å². The Labute approximate surface area is 158 Å². The van der Waals surface area contributed by atoms with Crippen molar-refractivity contribution in [2.45, 2.75) is 26.4 Å². The number of benzene rings is 1. The molecule has 0 saturated carbocycles. The first kappa shape index (κ1) is 18.5. The molecule has 2 heterocycles. The van der Waals surface area contributed by atoms with E-state index in [1.54, 1.807) is 25.5 Å². The topological polar surface area (TPSA) is 38.8 Å².